The van der Waals surface area contributed by atoms with Crippen LogP contribution >= 0.6 is 23.2 Å². The Morgan fingerprint density at radius 1 is 1.05 bits per heavy atom. The van der Waals surface area contributed by atoms with Crippen LogP contribution in [-0.4, -0.2) is 12.6 Å². The topological polar surface area (TPSA) is 41.1 Å². The molecule has 116 valence electrons. The van der Waals surface area contributed by atoms with Crippen LogP contribution in [0.5, 0.6) is 0 Å². The minimum absolute atomic E-state index is 0.168. The SMILES string of the molecule is O=C(NCCc1ccc(Cl)cc1Cl)Nc1ccc(F)c(F)c1. The van der Waals surface area contributed by atoms with Crippen LogP contribution in [0.2, 0.25) is 10.0 Å². The van der Waals surface area contributed by atoms with Crippen molar-refractivity contribution in [1.82, 2.24) is 5.32 Å². The predicted molar refractivity (Wildman–Crippen MR) is 83.5 cm³/mol. The summed E-state index contributed by atoms with van der Waals surface area (Å²) < 4.78 is 25.8. The van der Waals surface area contributed by atoms with Gasteiger partial charge in [-0.15, -0.1) is 0 Å². The Morgan fingerprint density at radius 3 is 2.50 bits per heavy atom. The molecule has 0 aliphatic carbocycles. The molecule has 0 aliphatic rings. The van der Waals surface area contributed by atoms with Gasteiger partial charge in [-0.3, -0.25) is 0 Å². The summed E-state index contributed by atoms with van der Waals surface area (Å²) in [7, 11) is 0. The van der Waals surface area contributed by atoms with Crippen molar-refractivity contribution in [3.8, 4) is 0 Å². The number of hydrogen-bond donors (Lipinski definition) is 2. The second-order valence-electron chi connectivity index (χ2n) is 4.50. The number of amides is 2. The predicted octanol–water partition coefficient (Wildman–Crippen LogP) is 4.64. The van der Waals surface area contributed by atoms with E-state index in [0.717, 1.165) is 17.7 Å². The number of hydrogen-bond acceptors (Lipinski definition) is 1. The van der Waals surface area contributed by atoms with Crippen molar-refractivity contribution in [2.75, 3.05) is 11.9 Å². The van der Waals surface area contributed by atoms with Crippen LogP contribution in [0.3, 0.4) is 0 Å². The lowest BCUT2D eigenvalue weighted by atomic mass is 10.1. The third kappa shape index (κ3) is 4.58. The summed E-state index contributed by atoms with van der Waals surface area (Å²) in [6.45, 7) is 0.330. The number of halogens is 4. The van der Waals surface area contributed by atoms with Gasteiger partial charge >= 0.3 is 6.03 Å². The number of carbonyl (C=O) groups is 1. The van der Waals surface area contributed by atoms with E-state index in [1.807, 2.05) is 0 Å². The van der Waals surface area contributed by atoms with Gasteiger partial charge in [0.15, 0.2) is 11.6 Å². The third-order valence-electron chi connectivity index (χ3n) is 2.87. The van der Waals surface area contributed by atoms with Gasteiger partial charge in [0.05, 0.1) is 0 Å². The Balaban J connectivity index is 1.83. The minimum atomic E-state index is -1.02. The fraction of sp³-hybridized carbons (Fsp3) is 0.133. The van der Waals surface area contributed by atoms with Crippen molar-refractivity contribution in [3.63, 3.8) is 0 Å². The first-order chi connectivity index (χ1) is 10.5. The first-order valence-corrected chi connectivity index (χ1v) is 7.15. The second kappa shape index (κ2) is 7.42. The molecule has 2 N–H and O–H groups in total. The molecule has 0 bridgehead atoms. The summed E-state index contributed by atoms with van der Waals surface area (Å²) in [5.74, 6) is -1.99. The number of urea groups is 1. The second-order valence-corrected chi connectivity index (χ2v) is 5.34. The number of carbonyl (C=O) groups excluding carboxylic acids is 1. The molecule has 0 heterocycles. The van der Waals surface area contributed by atoms with Gasteiger partial charge in [-0.2, -0.15) is 0 Å². The fourth-order valence-electron chi connectivity index (χ4n) is 1.78. The summed E-state index contributed by atoms with van der Waals surface area (Å²) in [6, 6.07) is 7.72. The zero-order valence-electron chi connectivity index (χ0n) is 11.3. The molecular formula is C15H12Cl2F2N2O. The molecule has 22 heavy (non-hydrogen) atoms. The van der Waals surface area contributed by atoms with E-state index in [2.05, 4.69) is 10.6 Å². The first-order valence-electron chi connectivity index (χ1n) is 6.39. The summed E-state index contributed by atoms with van der Waals surface area (Å²) in [5.41, 5.74) is 1.01. The van der Waals surface area contributed by atoms with Crippen molar-refractivity contribution >= 4 is 34.9 Å². The highest BCUT2D eigenvalue weighted by molar-refractivity contribution is 6.35. The molecular weight excluding hydrogens is 333 g/mol. The number of nitrogens with one attached hydrogen (secondary N) is 2. The maximum Gasteiger partial charge on any atom is 0.319 e. The van der Waals surface area contributed by atoms with E-state index in [4.69, 9.17) is 23.2 Å². The summed E-state index contributed by atoms with van der Waals surface area (Å²) in [5, 5.41) is 6.07. The van der Waals surface area contributed by atoms with Gasteiger partial charge < -0.3 is 10.6 Å². The average Bonchev–Trinajstić information content (AvgIpc) is 2.45. The van der Waals surface area contributed by atoms with Crippen molar-refractivity contribution in [1.29, 1.82) is 0 Å². The Labute approximate surface area is 136 Å². The summed E-state index contributed by atoms with van der Waals surface area (Å²) in [6.07, 6.45) is 0.515. The Hall–Kier alpha value is -1.85. The number of benzene rings is 2. The van der Waals surface area contributed by atoms with Gasteiger partial charge in [0.1, 0.15) is 0 Å². The molecule has 3 nitrogen and oxygen atoms in total. The lowest BCUT2D eigenvalue weighted by molar-refractivity contribution is 0.252. The summed E-state index contributed by atoms with van der Waals surface area (Å²) >= 11 is 11.8. The maximum atomic E-state index is 13.0. The van der Waals surface area contributed by atoms with Crippen molar-refractivity contribution in [3.05, 3.63) is 63.6 Å². The monoisotopic (exact) mass is 344 g/mol. The molecule has 0 atom stereocenters. The molecule has 7 heteroatoms. The van der Waals surface area contributed by atoms with Crippen LogP contribution in [-0.2, 0) is 6.42 Å². The maximum absolute atomic E-state index is 13.0. The molecule has 2 aromatic rings. The summed E-state index contributed by atoms with van der Waals surface area (Å²) in [4.78, 5) is 11.6. The zero-order valence-corrected chi connectivity index (χ0v) is 12.8. The molecule has 0 aromatic heterocycles. The van der Waals surface area contributed by atoms with Gasteiger partial charge in [0, 0.05) is 28.3 Å². The van der Waals surface area contributed by atoms with Crippen molar-refractivity contribution in [2.45, 2.75) is 6.42 Å². The number of anilines is 1. The Bertz CT molecular complexity index is 695. The van der Waals surface area contributed by atoms with Crippen LogP contribution < -0.4 is 10.6 Å². The van der Waals surface area contributed by atoms with E-state index in [9.17, 15) is 13.6 Å². The molecule has 0 saturated carbocycles. The molecule has 0 unspecified atom stereocenters. The van der Waals surface area contributed by atoms with Gasteiger partial charge in [-0.1, -0.05) is 29.3 Å². The highest BCUT2D eigenvalue weighted by atomic mass is 35.5. The van der Waals surface area contributed by atoms with Crippen molar-refractivity contribution < 1.29 is 13.6 Å². The molecule has 0 radical (unpaired) electrons. The van der Waals surface area contributed by atoms with E-state index >= 15 is 0 Å². The van der Waals surface area contributed by atoms with E-state index in [0.29, 0.717) is 23.0 Å². The highest BCUT2D eigenvalue weighted by Crippen LogP contribution is 2.21. The quantitative estimate of drug-likeness (QED) is 0.833. The molecule has 2 rings (SSSR count). The minimum Gasteiger partial charge on any atom is -0.338 e. The smallest absolute Gasteiger partial charge is 0.319 e. The third-order valence-corrected chi connectivity index (χ3v) is 3.46. The van der Waals surface area contributed by atoms with Crippen LogP contribution in [0.4, 0.5) is 19.3 Å². The van der Waals surface area contributed by atoms with Gasteiger partial charge in [0.25, 0.3) is 0 Å². The first kappa shape index (κ1) is 16.5. The van der Waals surface area contributed by atoms with Crippen LogP contribution in [0.15, 0.2) is 36.4 Å². The molecule has 0 spiro atoms. The fourth-order valence-corrected chi connectivity index (χ4v) is 2.29. The van der Waals surface area contributed by atoms with Gasteiger partial charge in [0.2, 0.25) is 0 Å². The van der Waals surface area contributed by atoms with Crippen molar-refractivity contribution in [2.24, 2.45) is 0 Å². The lowest BCUT2D eigenvalue weighted by Crippen LogP contribution is -2.30. The molecule has 2 aromatic carbocycles. The molecule has 0 aliphatic heterocycles. The largest absolute Gasteiger partial charge is 0.338 e. The molecule has 0 fully saturated rings. The van der Waals surface area contributed by atoms with Crippen LogP contribution in [0.1, 0.15) is 5.56 Å². The van der Waals surface area contributed by atoms with E-state index in [1.165, 1.54) is 6.07 Å². The van der Waals surface area contributed by atoms with E-state index in [1.54, 1.807) is 18.2 Å². The molecule has 0 saturated heterocycles. The van der Waals surface area contributed by atoms with Gasteiger partial charge in [-0.25, -0.2) is 13.6 Å². The zero-order chi connectivity index (χ0) is 16.1. The Morgan fingerprint density at radius 2 is 1.82 bits per heavy atom. The average molecular weight is 345 g/mol. The molecule has 2 amide bonds. The van der Waals surface area contributed by atoms with Crippen LogP contribution in [0.25, 0.3) is 0 Å². The normalized spacial score (nSPS) is 10.4. The highest BCUT2D eigenvalue weighted by Gasteiger charge is 2.06. The Kier molecular flexibility index (Phi) is 5.57. The number of rotatable bonds is 4. The van der Waals surface area contributed by atoms with E-state index in [-0.39, 0.29) is 5.69 Å². The van der Waals surface area contributed by atoms with E-state index < -0.39 is 17.7 Å². The van der Waals surface area contributed by atoms with Crippen LogP contribution in [0, 0.1) is 11.6 Å². The lowest BCUT2D eigenvalue weighted by Gasteiger charge is -2.09. The standard InChI is InChI=1S/C15H12Cl2F2N2O/c16-10-2-1-9(12(17)7-10)5-6-20-15(22)21-11-3-4-13(18)14(19)8-11/h1-4,7-8H,5-6H2,(H2,20,21,22). The van der Waals surface area contributed by atoms with Gasteiger partial charge in [-0.05, 0) is 36.2 Å².